The summed E-state index contributed by atoms with van der Waals surface area (Å²) in [4.78, 5) is 0. The average Bonchev–Trinajstić information content (AvgIpc) is 2.58. The second kappa shape index (κ2) is 4.37. The lowest BCUT2D eigenvalue weighted by Gasteiger charge is -2.09. The number of aryl methyl sites for hydroxylation is 2. The molecule has 18 heavy (non-hydrogen) atoms. The van der Waals surface area contributed by atoms with Crippen molar-refractivity contribution in [2.75, 3.05) is 5.73 Å². The number of anilines is 1. The molecule has 0 radical (unpaired) electrons. The van der Waals surface area contributed by atoms with Crippen molar-refractivity contribution in [2.45, 2.75) is 6.92 Å². The van der Waals surface area contributed by atoms with E-state index in [0.29, 0.717) is 5.69 Å². The third kappa shape index (κ3) is 1.86. The van der Waals surface area contributed by atoms with Gasteiger partial charge in [-0.1, -0.05) is 6.07 Å². The van der Waals surface area contributed by atoms with Gasteiger partial charge >= 0.3 is 0 Å². The van der Waals surface area contributed by atoms with Gasteiger partial charge in [-0.2, -0.15) is 10.4 Å². The zero-order chi connectivity index (χ0) is 13.3. The second-order valence-electron chi connectivity index (χ2n) is 3.76. The van der Waals surface area contributed by atoms with Gasteiger partial charge in [-0.05, 0) is 19.1 Å². The Labute approximate surface area is 103 Å². The predicted molar refractivity (Wildman–Crippen MR) is 63.5 cm³/mol. The molecule has 0 fully saturated rings. The van der Waals surface area contributed by atoms with E-state index in [-0.39, 0.29) is 22.9 Å². The first-order chi connectivity index (χ1) is 8.54. The number of nitrogens with zero attached hydrogens (tertiary/aromatic N) is 3. The molecule has 92 valence electrons. The van der Waals surface area contributed by atoms with Gasteiger partial charge in [-0.25, -0.2) is 9.07 Å². The summed E-state index contributed by atoms with van der Waals surface area (Å²) in [6, 6.07) is 6.21. The average molecular weight is 246 g/mol. The van der Waals surface area contributed by atoms with E-state index in [4.69, 9.17) is 15.7 Å². The zero-order valence-electron chi connectivity index (χ0n) is 9.94. The Morgan fingerprint density at radius 3 is 2.83 bits per heavy atom. The minimum atomic E-state index is -0.585. The molecule has 1 heterocycles. The van der Waals surface area contributed by atoms with Crippen LogP contribution in [0.3, 0.4) is 0 Å². The Bertz CT molecular complexity index is 622. The Kier molecular flexibility index (Phi) is 2.90. The van der Waals surface area contributed by atoms with E-state index in [1.165, 1.54) is 22.9 Å². The first kappa shape index (κ1) is 11.9. The Morgan fingerprint density at radius 1 is 1.50 bits per heavy atom. The van der Waals surface area contributed by atoms with Gasteiger partial charge in [0.1, 0.15) is 11.6 Å². The van der Waals surface area contributed by atoms with Gasteiger partial charge in [0.25, 0.3) is 0 Å². The lowest BCUT2D eigenvalue weighted by atomic mass is 10.2. The van der Waals surface area contributed by atoms with Crippen LogP contribution in [0.15, 0.2) is 18.2 Å². The molecule has 0 spiro atoms. The van der Waals surface area contributed by atoms with Crippen molar-refractivity contribution in [3.05, 3.63) is 35.3 Å². The molecule has 0 saturated carbocycles. The van der Waals surface area contributed by atoms with Crippen molar-refractivity contribution in [1.82, 2.24) is 9.78 Å². The number of ether oxygens (including phenoxy) is 1. The van der Waals surface area contributed by atoms with Crippen LogP contribution in [0.4, 0.5) is 10.1 Å². The lowest BCUT2D eigenvalue weighted by molar-refractivity contribution is 0.405. The Hall–Kier alpha value is -2.55. The van der Waals surface area contributed by atoms with Gasteiger partial charge < -0.3 is 10.5 Å². The summed E-state index contributed by atoms with van der Waals surface area (Å²) in [6.07, 6.45) is 0. The van der Waals surface area contributed by atoms with Crippen LogP contribution in [0, 0.1) is 24.1 Å². The van der Waals surface area contributed by atoms with Crippen molar-refractivity contribution in [2.24, 2.45) is 7.05 Å². The van der Waals surface area contributed by atoms with Gasteiger partial charge in [-0.3, -0.25) is 0 Å². The smallest absolute Gasteiger partial charge is 0.236 e. The van der Waals surface area contributed by atoms with Crippen molar-refractivity contribution in [3.63, 3.8) is 0 Å². The molecular formula is C12H11FN4O. The highest BCUT2D eigenvalue weighted by Crippen LogP contribution is 2.32. The van der Waals surface area contributed by atoms with Gasteiger partial charge in [-0.15, -0.1) is 0 Å². The number of benzene rings is 1. The molecular weight excluding hydrogens is 235 g/mol. The minimum Gasteiger partial charge on any atom is -0.433 e. The van der Waals surface area contributed by atoms with E-state index in [0.717, 1.165) is 0 Å². The van der Waals surface area contributed by atoms with Crippen molar-refractivity contribution >= 4 is 5.69 Å². The molecule has 0 aliphatic carbocycles. The number of halogens is 1. The molecule has 1 aromatic heterocycles. The Balaban J connectivity index is 2.50. The van der Waals surface area contributed by atoms with Gasteiger partial charge in [0.15, 0.2) is 11.6 Å². The first-order valence-electron chi connectivity index (χ1n) is 5.20. The number of nitrogen functional groups attached to an aromatic ring is 1. The summed E-state index contributed by atoms with van der Waals surface area (Å²) in [6.45, 7) is 1.68. The van der Waals surface area contributed by atoms with Crippen LogP contribution in [0.25, 0.3) is 0 Å². The van der Waals surface area contributed by atoms with E-state index in [9.17, 15) is 4.39 Å². The molecule has 2 N–H and O–H groups in total. The molecule has 0 aliphatic rings. The van der Waals surface area contributed by atoms with Gasteiger partial charge in [0.2, 0.25) is 5.88 Å². The summed E-state index contributed by atoms with van der Waals surface area (Å²) in [5.41, 5.74) is 6.59. The maximum absolute atomic E-state index is 13.6. The van der Waals surface area contributed by atoms with Crippen LogP contribution in [0.1, 0.15) is 11.3 Å². The van der Waals surface area contributed by atoms with Gasteiger partial charge in [0, 0.05) is 7.05 Å². The van der Waals surface area contributed by atoms with Crippen LogP contribution >= 0.6 is 0 Å². The summed E-state index contributed by atoms with van der Waals surface area (Å²) >= 11 is 0. The number of nitrogens with two attached hydrogens (primary N) is 1. The topological polar surface area (TPSA) is 76.9 Å². The molecule has 5 nitrogen and oxygen atoms in total. The van der Waals surface area contributed by atoms with Crippen molar-refractivity contribution in [1.29, 1.82) is 5.26 Å². The van der Waals surface area contributed by atoms with E-state index in [1.54, 1.807) is 14.0 Å². The fourth-order valence-electron chi connectivity index (χ4n) is 1.61. The molecule has 0 amide bonds. The molecule has 6 heteroatoms. The fourth-order valence-corrected chi connectivity index (χ4v) is 1.61. The van der Waals surface area contributed by atoms with Crippen LogP contribution in [-0.2, 0) is 7.05 Å². The number of rotatable bonds is 2. The largest absolute Gasteiger partial charge is 0.433 e. The molecule has 0 aliphatic heterocycles. The van der Waals surface area contributed by atoms with E-state index in [2.05, 4.69) is 5.10 Å². The highest BCUT2D eigenvalue weighted by molar-refractivity contribution is 5.55. The van der Waals surface area contributed by atoms with Crippen LogP contribution in [0.5, 0.6) is 11.6 Å². The number of nitriles is 1. The van der Waals surface area contributed by atoms with Gasteiger partial charge in [0.05, 0.1) is 11.4 Å². The molecule has 0 unspecified atom stereocenters. The molecule has 1 aromatic carbocycles. The number of hydrogen-bond acceptors (Lipinski definition) is 4. The summed E-state index contributed by atoms with van der Waals surface area (Å²) in [5, 5.41) is 13.1. The normalized spacial score (nSPS) is 10.1. The van der Waals surface area contributed by atoms with Crippen LogP contribution in [-0.4, -0.2) is 9.78 Å². The monoisotopic (exact) mass is 246 g/mol. The van der Waals surface area contributed by atoms with E-state index in [1.807, 2.05) is 6.07 Å². The van der Waals surface area contributed by atoms with E-state index < -0.39 is 5.82 Å². The number of para-hydroxylation sites is 1. The summed E-state index contributed by atoms with van der Waals surface area (Å²) in [7, 11) is 1.61. The fraction of sp³-hybridized carbons (Fsp3) is 0.167. The molecule has 0 saturated heterocycles. The van der Waals surface area contributed by atoms with Crippen LogP contribution in [0.2, 0.25) is 0 Å². The predicted octanol–water partition coefficient (Wildman–Crippen LogP) is 2.11. The third-order valence-electron chi connectivity index (χ3n) is 2.48. The first-order valence-corrected chi connectivity index (χ1v) is 5.20. The molecule has 2 rings (SSSR count). The SMILES string of the molecule is Cc1nn(C)c(Oc2c(N)cccc2F)c1C#N. The molecule has 0 atom stereocenters. The maximum Gasteiger partial charge on any atom is 0.236 e. The zero-order valence-corrected chi connectivity index (χ0v) is 9.94. The van der Waals surface area contributed by atoms with Crippen molar-refractivity contribution in [3.8, 4) is 17.7 Å². The van der Waals surface area contributed by atoms with Crippen LogP contribution < -0.4 is 10.5 Å². The lowest BCUT2D eigenvalue weighted by Crippen LogP contribution is -2.00. The second-order valence-corrected chi connectivity index (χ2v) is 3.76. The molecule has 0 bridgehead atoms. The maximum atomic E-state index is 13.6. The summed E-state index contributed by atoms with van der Waals surface area (Å²) in [5.74, 6) is -0.512. The Morgan fingerprint density at radius 2 is 2.22 bits per heavy atom. The van der Waals surface area contributed by atoms with E-state index >= 15 is 0 Å². The highest BCUT2D eigenvalue weighted by atomic mass is 19.1. The highest BCUT2D eigenvalue weighted by Gasteiger charge is 2.18. The van der Waals surface area contributed by atoms with Crippen molar-refractivity contribution < 1.29 is 9.13 Å². The number of aromatic nitrogens is 2. The standard InChI is InChI=1S/C12H11FN4O/c1-7-8(6-14)12(17(2)16-7)18-11-9(13)4-3-5-10(11)15/h3-5H,15H2,1-2H3. The minimum absolute atomic E-state index is 0.1000. The molecule has 2 aromatic rings. The quantitative estimate of drug-likeness (QED) is 0.823. The number of hydrogen-bond donors (Lipinski definition) is 1. The summed E-state index contributed by atoms with van der Waals surface area (Å²) < 4.78 is 20.4. The third-order valence-corrected chi connectivity index (χ3v) is 2.48.